The summed E-state index contributed by atoms with van der Waals surface area (Å²) in [5.41, 5.74) is 2.64. The Hall–Kier alpha value is -2.05. The second-order valence-corrected chi connectivity index (χ2v) is 5.80. The number of hydrogen-bond donors (Lipinski definition) is 3. The fourth-order valence-electron chi connectivity index (χ4n) is 2.46. The first kappa shape index (κ1) is 17.3. The maximum atomic E-state index is 12.2. The normalized spacial score (nSPS) is 15.2. The Balaban J connectivity index is 0.00000192. The highest BCUT2D eigenvalue weighted by atomic mass is 35.5. The Labute approximate surface area is 142 Å². The molecule has 7 heteroatoms. The first-order chi connectivity index (χ1) is 10.6. The topological polar surface area (TPSA) is 71.0 Å². The van der Waals surface area contributed by atoms with Crippen molar-refractivity contribution in [3.8, 4) is 0 Å². The van der Waals surface area contributed by atoms with E-state index in [9.17, 15) is 4.79 Å². The summed E-state index contributed by atoms with van der Waals surface area (Å²) in [6.45, 7) is 3.84. The molecule has 0 saturated carbocycles. The fourth-order valence-corrected chi connectivity index (χ4v) is 2.46. The van der Waals surface area contributed by atoms with E-state index in [1.807, 2.05) is 44.4 Å². The lowest BCUT2D eigenvalue weighted by atomic mass is 9.88. The van der Waals surface area contributed by atoms with E-state index >= 15 is 0 Å². The summed E-state index contributed by atoms with van der Waals surface area (Å²) >= 11 is 0. The summed E-state index contributed by atoms with van der Waals surface area (Å²) in [5.74, 6) is 0.540. The largest absolute Gasteiger partial charge is 0.353 e. The number of carbonyl (C=O) groups excluding carboxylic acids is 1. The second kappa shape index (κ2) is 7.48. The van der Waals surface area contributed by atoms with E-state index in [0.717, 1.165) is 30.2 Å². The van der Waals surface area contributed by atoms with Crippen molar-refractivity contribution in [1.82, 2.24) is 15.1 Å². The summed E-state index contributed by atoms with van der Waals surface area (Å²) in [5, 5.41) is 13.6. The van der Waals surface area contributed by atoms with E-state index in [1.165, 1.54) is 0 Å². The van der Waals surface area contributed by atoms with Crippen LogP contribution in [0.25, 0.3) is 0 Å². The number of nitrogens with zero attached hydrogens (tertiary/aromatic N) is 2. The zero-order valence-electron chi connectivity index (χ0n) is 13.2. The number of rotatable bonds is 5. The average molecular weight is 336 g/mol. The number of carbonyl (C=O) groups is 1. The fraction of sp³-hybridized carbons (Fsp3) is 0.375. The number of aromatic nitrogens is 2. The molecule has 1 amide bonds. The maximum Gasteiger partial charge on any atom is 0.227 e. The van der Waals surface area contributed by atoms with Gasteiger partial charge in [0.05, 0.1) is 11.9 Å². The van der Waals surface area contributed by atoms with Crippen LogP contribution >= 0.6 is 12.4 Å². The predicted molar refractivity (Wildman–Crippen MR) is 94.3 cm³/mol. The van der Waals surface area contributed by atoms with Gasteiger partial charge in [0.1, 0.15) is 0 Å². The summed E-state index contributed by atoms with van der Waals surface area (Å²) < 4.78 is 1.74. The molecule has 0 bridgehead atoms. The van der Waals surface area contributed by atoms with Crippen molar-refractivity contribution in [3.05, 3.63) is 36.7 Å². The van der Waals surface area contributed by atoms with E-state index in [2.05, 4.69) is 21.0 Å². The van der Waals surface area contributed by atoms with Gasteiger partial charge >= 0.3 is 0 Å². The van der Waals surface area contributed by atoms with Gasteiger partial charge in [-0.25, -0.2) is 0 Å². The van der Waals surface area contributed by atoms with E-state index in [0.29, 0.717) is 5.92 Å². The Morgan fingerprint density at radius 3 is 2.70 bits per heavy atom. The predicted octanol–water partition coefficient (Wildman–Crippen LogP) is 2.38. The van der Waals surface area contributed by atoms with E-state index in [4.69, 9.17) is 0 Å². The molecule has 2 aromatic rings. The smallest absolute Gasteiger partial charge is 0.227 e. The van der Waals surface area contributed by atoms with Crippen LogP contribution in [-0.2, 0) is 11.8 Å². The zero-order valence-corrected chi connectivity index (χ0v) is 14.1. The molecule has 0 spiro atoms. The number of hydrogen-bond acceptors (Lipinski definition) is 4. The van der Waals surface area contributed by atoms with Gasteiger partial charge in [0.2, 0.25) is 5.91 Å². The molecule has 1 unspecified atom stereocenters. The molecule has 124 valence electrons. The van der Waals surface area contributed by atoms with Crippen molar-refractivity contribution >= 4 is 35.4 Å². The minimum atomic E-state index is 0. The van der Waals surface area contributed by atoms with E-state index in [1.54, 1.807) is 10.9 Å². The number of amides is 1. The van der Waals surface area contributed by atoms with Crippen LogP contribution < -0.4 is 16.0 Å². The zero-order chi connectivity index (χ0) is 15.5. The Morgan fingerprint density at radius 1 is 1.35 bits per heavy atom. The Bertz CT molecular complexity index is 668. The third-order valence-electron chi connectivity index (χ3n) is 4.06. The van der Waals surface area contributed by atoms with Gasteiger partial charge in [-0.1, -0.05) is 13.0 Å². The molecule has 0 radical (unpaired) electrons. The molecule has 1 fully saturated rings. The van der Waals surface area contributed by atoms with Crippen LogP contribution in [0.3, 0.4) is 0 Å². The van der Waals surface area contributed by atoms with Crippen LogP contribution in [-0.4, -0.2) is 28.8 Å². The second-order valence-electron chi connectivity index (χ2n) is 5.80. The molecule has 1 aromatic carbocycles. The number of halogens is 1. The lowest BCUT2D eigenvalue weighted by molar-refractivity contribution is -0.121. The van der Waals surface area contributed by atoms with Crippen LogP contribution in [0.1, 0.15) is 6.92 Å². The molecule has 0 aliphatic carbocycles. The number of benzene rings is 1. The van der Waals surface area contributed by atoms with Crippen LogP contribution in [0.4, 0.5) is 17.1 Å². The standard InChI is InChI=1S/C16H21N5O.ClH/c1-11(12-7-17-8-12)16(22)20-14-5-3-4-13(6-14)19-15-9-18-21(2)10-15;/h3-6,9-12,17,19H,7-8H2,1-2H3,(H,20,22);1H. The number of aryl methyl sites for hydroxylation is 1. The molecule has 1 aromatic heterocycles. The molecule has 3 rings (SSSR count). The van der Waals surface area contributed by atoms with Crippen LogP contribution in [0, 0.1) is 11.8 Å². The van der Waals surface area contributed by atoms with Gasteiger partial charge in [-0.2, -0.15) is 5.10 Å². The van der Waals surface area contributed by atoms with Crippen molar-refractivity contribution in [3.63, 3.8) is 0 Å². The van der Waals surface area contributed by atoms with Gasteiger partial charge in [-0.3, -0.25) is 9.48 Å². The van der Waals surface area contributed by atoms with Gasteiger partial charge < -0.3 is 16.0 Å². The molecule has 6 nitrogen and oxygen atoms in total. The molecular weight excluding hydrogens is 314 g/mol. The highest BCUT2D eigenvalue weighted by molar-refractivity contribution is 5.93. The summed E-state index contributed by atoms with van der Waals surface area (Å²) in [7, 11) is 1.87. The number of nitrogens with one attached hydrogen (secondary N) is 3. The third-order valence-corrected chi connectivity index (χ3v) is 4.06. The third kappa shape index (κ3) is 4.24. The average Bonchev–Trinajstić information content (AvgIpc) is 2.82. The van der Waals surface area contributed by atoms with Gasteiger partial charge in [0.25, 0.3) is 0 Å². The lowest BCUT2D eigenvalue weighted by Crippen LogP contribution is -2.48. The molecule has 1 aliphatic heterocycles. The van der Waals surface area contributed by atoms with Gasteiger partial charge in [0.15, 0.2) is 0 Å². The van der Waals surface area contributed by atoms with Crippen LogP contribution in [0.2, 0.25) is 0 Å². The summed E-state index contributed by atoms with van der Waals surface area (Å²) in [6, 6.07) is 7.71. The molecular formula is C16H22ClN5O. The minimum absolute atomic E-state index is 0. The minimum Gasteiger partial charge on any atom is -0.353 e. The molecule has 3 N–H and O–H groups in total. The summed E-state index contributed by atoms with van der Waals surface area (Å²) in [6.07, 6.45) is 3.66. The first-order valence-electron chi connectivity index (χ1n) is 7.49. The lowest BCUT2D eigenvalue weighted by Gasteiger charge is -2.31. The monoisotopic (exact) mass is 335 g/mol. The van der Waals surface area contributed by atoms with Crippen molar-refractivity contribution in [1.29, 1.82) is 0 Å². The van der Waals surface area contributed by atoms with E-state index < -0.39 is 0 Å². The maximum absolute atomic E-state index is 12.2. The Kier molecular flexibility index (Phi) is 5.63. The SMILES string of the molecule is CC(C(=O)Nc1cccc(Nc2cnn(C)c2)c1)C1CNC1.Cl. The first-order valence-corrected chi connectivity index (χ1v) is 7.49. The molecule has 2 heterocycles. The van der Waals surface area contributed by atoms with E-state index in [-0.39, 0.29) is 24.2 Å². The molecule has 1 atom stereocenters. The van der Waals surface area contributed by atoms with Crippen molar-refractivity contribution in [2.75, 3.05) is 23.7 Å². The molecule has 1 aliphatic rings. The van der Waals surface area contributed by atoms with Crippen molar-refractivity contribution < 1.29 is 4.79 Å². The van der Waals surface area contributed by atoms with Crippen LogP contribution in [0.15, 0.2) is 36.7 Å². The summed E-state index contributed by atoms with van der Waals surface area (Å²) in [4.78, 5) is 12.2. The van der Waals surface area contributed by atoms with Gasteiger partial charge in [-0.15, -0.1) is 12.4 Å². The highest BCUT2D eigenvalue weighted by Gasteiger charge is 2.28. The van der Waals surface area contributed by atoms with Crippen LogP contribution in [0.5, 0.6) is 0 Å². The Morgan fingerprint density at radius 2 is 2.09 bits per heavy atom. The van der Waals surface area contributed by atoms with Gasteiger partial charge in [-0.05, 0) is 37.2 Å². The number of anilines is 3. The highest BCUT2D eigenvalue weighted by Crippen LogP contribution is 2.22. The molecule has 1 saturated heterocycles. The molecule has 23 heavy (non-hydrogen) atoms. The van der Waals surface area contributed by atoms with Crippen molar-refractivity contribution in [2.45, 2.75) is 6.92 Å². The van der Waals surface area contributed by atoms with Gasteiger partial charge in [0, 0.05) is 30.5 Å². The van der Waals surface area contributed by atoms with Crippen molar-refractivity contribution in [2.24, 2.45) is 18.9 Å². The quantitative estimate of drug-likeness (QED) is 0.784.